The van der Waals surface area contributed by atoms with Gasteiger partial charge < -0.3 is 5.73 Å². The average molecular weight is 310 g/mol. The third-order valence-electron chi connectivity index (χ3n) is 4.75. The Morgan fingerprint density at radius 2 is 1.81 bits per heavy atom. The smallest absolute Gasteiger partial charge is 0.243 e. The van der Waals surface area contributed by atoms with E-state index < -0.39 is 10.0 Å². The first-order chi connectivity index (χ1) is 9.63. The highest BCUT2D eigenvalue weighted by Crippen LogP contribution is 2.37. The zero-order valence-electron chi connectivity index (χ0n) is 13.4. The van der Waals surface area contributed by atoms with Gasteiger partial charge in [0.25, 0.3) is 0 Å². The first-order valence-corrected chi connectivity index (χ1v) is 8.92. The van der Waals surface area contributed by atoms with Crippen LogP contribution < -0.4 is 5.73 Å². The molecule has 2 N–H and O–H groups in total. The van der Waals surface area contributed by atoms with E-state index >= 15 is 0 Å². The van der Waals surface area contributed by atoms with Gasteiger partial charge in [-0.25, -0.2) is 8.42 Å². The van der Waals surface area contributed by atoms with Crippen LogP contribution in [0.5, 0.6) is 0 Å². The van der Waals surface area contributed by atoms with Crippen LogP contribution in [-0.2, 0) is 10.0 Å². The second kappa shape index (κ2) is 5.61. The third-order valence-corrected chi connectivity index (χ3v) is 6.66. The molecule has 0 saturated heterocycles. The highest BCUT2D eigenvalue weighted by molar-refractivity contribution is 7.89. The highest BCUT2D eigenvalue weighted by Gasteiger charge is 2.34. The van der Waals surface area contributed by atoms with Crippen LogP contribution in [0.2, 0.25) is 0 Å². The van der Waals surface area contributed by atoms with Crippen LogP contribution in [0.15, 0.2) is 23.1 Å². The molecule has 21 heavy (non-hydrogen) atoms. The molecule has 1 aliphatic carbocycles. The Morgan fingerprint density at radius 1 is 1.24 bits per heavy atom. The van der Waals surface area contributed by atoms with Gasteiger partial charge in [0.1, 0.15) is 0 Å². The topological polar surface area (TPSA) is 63.4 Å². The lowest BCUT2D eigenvalue weighted by atomic mass is 9.76. The summed E-state index contributed by atoms with van der Waals surface area (Å²) in [4.78, 5) is 0.290. The van der Waals surface area contributed by atoms with Crippen LogP contribution in [0.1, 0.15) is 45.1 Å². The second-order valence-corrected chi connectivity index (χ2v) is 8.93. The number of sulfonamides is 1. The predicted octanol–water partition coefficient (Wildman–Crippen LogP) is 3.17. The van der Waals surface area contributed by atoms with E-state index in [0.29, 0.717) is 11.1 Å². The zero-order valence-corrected chi connectivity index (χ0v) is 14.2. The summed E-state index contributed by atoms with van der Waals surface area (Å²) in [6.45, 7) is 6.37. The van der Waals surface area contributed by atoms with Crippen molar-refractivity contribution in [2.75, 3.05) is 12.8 Å². The summed E-state index contributed by atoms with van der Waals surface area (Å²) in [5, 5.41) is 0. The molecule has 0 aliphatic heterocycles. The van der Waals surface area contributed by atoms with Crippen LogP contribution in [0, 0.1) is 12.3 Å². The Kier molecular flexibility index (Phi) is 4.36. The van der Waals surface area contributed by atoms with Crippen molar-refractivity contribution in [1.29, 1.82) is 0 Å². The molecule has 0 aromatic heterocycles. The number of anilines is 1. The van der Waals surface area contributed by atoms with Crippen LogP contribution in [0.25, 0.3) is 0 Å². The average Bonchev–Trinajstić information content (AvgIpc) is 2.41. The maximum absolute atomic E-state index is 12.7. The maximum Gasteiger partial charge on any atom is 0.243 e. The molecule has 1 saturated carbocycles. The lowest BCUT2D eigenvalue weighted by molar-refractivity contribution is 0.174. The quantitative estimate of drug-likeness (QED) is 0.872. The Morgan fingerprint density at radius 3 is 2.33 bits per heavy atom. The lowest BCUT2D eigenvalue weighted by Crippen LogP contribution is -2.40. The second-order valence-electron chi connectivity index (χ2n) is 6.94. The van der Waals surface area contributed by atoms with Gasteiger partial charge in [-0.15, -0.1) is 0 Å². The van der Waals surface area contributed by atoms with Gasteiger partial charge >= 0.3 is 0 Å². The molecule has 2 rings (SSSR count). The SMILES string of the molecule is Cc1ccc(S(=O)(=O)N(C)C2CCC(C)(C)CC2)cc1N. The van der Waals surface area contributed by atoms with E-state index in [1.807, 2.05) is 6.92 Å². The number of nitrogens with two attached hydrogens (primary N) is 1. The molecular formula is C16H26N2O2S. The Labute approximate surface area is 128 Å². The van der Waals surface area contributed by atoms with Crippen molar-refractivity contribution in [3.63, 3.8) is 0 Å². The molecule has 0 spiro atoms. The van der Waals surface area contributed by atoms with E-state index in [2.05, 4.69) is 13.8 Å². The van der Waals surface area contributed by atoms with Crippen molar-refractivity contribution >= 4 is 15.7 Å². The molecule has 1 fully saturated rings. The first kappa shape index (κ1) is 16.3. The van der Waals surface area contributed by atoms with Gasteiger partial charge in [0, 0.05) is 18.8 Å². The summed E-state index contributed by atoms with van der Waals surface area (Å²) in [5.74, 6) is 0. The summed E-state index contributed by atoms with van der Waals surface area (Å²) in [6, 6.07) is 5.06. The van der Waals surface area contributed by atoms with Crippen molar-refractivity contribution in [1.82, 2.24) is 4.31 Å². The summed E-state index contributed by atoms with van der Waals surface area (Å²) in [7, 11) is -1.77. The fourth-order valence-electron chi connectivity index (χ4n) is 2.89. The summed E-state index contributed by atoms with van der Waals surface area (Å²) in [6.07, 6.45) is 3.97. The molecule has 0 heterocycles. The normalized spacial score (nSPS) is 19.9. The molecular weight excluding hydrogens is 284 g/mol. The van der Waals surface area contributed by atoms with Crippen LogP contribution in [-0.4, -0.2) is 25.8 Å². The fraction of sp³-hybridized carbons (Fsp3) is 0.625. The predicted molar refractivity (Wildman–Crippen MR) is 86.6 cm³/mol. The van der Waals surface area contributed by atoms with E-state index in [0.717, 1.165) is 31.2 Å². The Bertz CT molecular complexity index is 613. The molecule has 5 heteroatoms. The number of nitrogens with zero attached hydrogens (tertiary/aromatic N) is 1. The van der Waals surface area contributed by atoms with Crippen molar-refractivity contribution < 1.29 is 8.42 Å². The van der Waals surface area contributed by atoms with Gasteiger partial charge in [-0.05, 0) is 55.7 Å². The summed E-state index contributed by atoms with van der Waals surface area (Å²) >= 11 is 0. The van der Waals surface area contributed by atoms with E-state index in [1.54, 1.807) is 25.2 Å². The molecule has 0 atom stereocenters. The minimum absolute atomic E-state index is 0.0885. The van der Waals surface area contributed by atoms with E-state index in [9.17, 15) is 8.42 Å². The monoisotopic (exact) mass is 310 g/mol. The summed E-state index contributed by atoms with van der Waals surface area (Å²) < 4.78 is 27.0. The molecule has 1 aliphatic rings. The molecule has 118 valence electrons. The van der Waals surface area contributed by atoms with E-state index in [4.69, 9.17) is 5.73 Å². The van der Waals surface area contributed by atoms with Gasteiger partial charge in [-0.3, -0.25) is 0 Å². The van der Waals surface area contributed by atoms with E-state index in [1.165, 1.54) is 4.31 Å². The number of hydrogen-bond acceptors (Lipinski definition) is 3. The van der Waals surface area contributed by atoms with Crippen LogP contribution in [0.4, 0.5) is 5.69 Å². The number of benzene rings is 1. The zero-order chi connectivity index (χ0) is 15.8. The van der Waals surface area contributed by atoms with Gasteiger partial charge in [0.2, 0.25) is 10.0 Å². The minimum Gasteiger partial charge on any atom is -0.398 e. The Balaban J connectivity index is 2.21. The number of aryl methyl sites for hydroxylation is 1. The number of nitrogen functional groups attached to an aromatic ring is 1. The van der Waals surface area contributed by atoms with E-state index in [-0.39, 0.29) is 10.9 Å². The van der Waals surface area contributed by atoms with Crippen LogP contribution in [0.3, 0.4) is 0 Å². The van der Waals surface area contributed by atoms with Gasteiger partial charge in [-0.1, -0.05) is 19.9 Å². The van der Waals surface area contributed by atoms with Gasteiger partial charge in [0.15, 0.2) is 0 Å². The van der Waals surface area contributed by atoms with Crippen molar-refractivity contribution in [2.45, 2.75) is 57.4 Å². The molecule has 0 bridgehead atoms. The lowest BCUT2D eigenvalue weighted by Gasteiger charge is -2.38. The molecule has 0 radical (unpaired) electrons. The number of hydrogen-bond donors (Lipinski definition) is 1. The first-order valence-electron chi connectivity index (χ1n) is 7.48. The molecule has 1 aromatic carbocycles. The third kappa shape index (κ3) is 3.40. The van der Waals surface area contributed by atoms with Crippen molar-refractivity contribution in [3.8, 4) is 0 Å². The van der Waals surface area contributed by atoms with Gasteiger partial charge in [0.05, 0.1) is 4.90 Å². The largest absolute Gasteiger partial charge is 0.398 e. The Hall–Kier alpha value is -1.07. The standard InChI is InChI=1S/C16H26N2O2S/c1-12-5-6-14(11-15(12)17)21(19,20)18(4)13-7-9-16(2,3)10-8-13/h5-6,11,13H,7-10,17H2,1-4H3. The number of rotatable bonds is 3. The molecule has 0 amide bonds. The highest BCUT2D eigenvalue weighted by atomic mass is 32.2. The maximum atomic E-state index is 12.7. The summed E-state index contributed by atoms with van der Waals surface area (Å²) in [5.41, 5.74) is 7.60. The van der Waals surface area contributed by atoms with Crippen molar-refractivity contribution in [2.24, 2.45) is 5.41 Å². The molecule has 4 nitrogen and oxygen atoms in total. The van der Waals surface area contributed by atoms with Crippen molar-refractivity contribution in [3.05, 3.63) is 23.8 Å². The molecule has 1 aromatic rings. The fourth-order valence-corrected chi connectivity index (χ4v) is 4.34. The minimum atomic E-state index is -3.46. The van der Waals surface area contributed by atoms with Gasteiger partial charge in [-0.2, -0.15) is 4.31 Å². The molecule has 0 unspecified atom stereocenters. The van der Waals surface area contributed by atoms with Crippen LogP contribution >= 0.6 is 0 Å².